The fourth-order valence-electron chi connectivity index (χ4n) is 4.69. The lowest BCUT2D eigenvalue weighted by atomic mass is 10.0. The van der Waals surface area contributed by atoms with Gasteiger partial charge in [0, 0.05) is 36.9 Å². The molecule has 0 aliphatic carbocycles. The Labute approximate surface area is 211 Å². The average molecular weight is 530 g/mol. The van der Waals surface area contributed by atoms with Crippen molar-refractivity contribution in [2.24, 2.45) is 0 Å². The molecule has 1 aliphatic rings. The molecule has 0 spiro atoms. The number of rotatable bonds is 5. The molecule has 1 atom stereocenters. The molecule has 4 aromatic rings. The number of sulfone groups is 1. The summed E-state index contributed by atoms with van der Waals surface area (Å²) in [6.45, 7) is -1.29. The topological polar surface area (TPSA) is 81.5 Å². The molecule has 0 unspecified atom stereocenters. The summed E-state index contributed by atoms with van der Waals surface area (Å²) in [5, 5.41) is 0. The second-order valence-electron chi connectivity index (χ2n) is 8.85. The number of para-hydroxylation sites is 1. The molecule has 2 heterocycles. The molecule has 0 radical (unpaired) electrons. The van der Waals surface area contributed by atoms with Gasteiger partial charge in [0.25, 0.3) is 0 Å². The van der Waals surface area contributed by atoms with E-state index in [0.717, 1.165) is 6.26 Å². The maximum absolute atomic E-state index is 15.2. The Hall–Kier alpha value is -3.86. The quantitative estimate of drug-likeness (QED) is 0.371. The number of halogens is 3. The molecule has 0 N–H and O–H groups in total. The van der Waals surface area contributed by atoms with Crippen molar-refractivity contribution >= 4 is 26.8 Å². The van der Waals surface area contributed by atoms with Crippen molar-refractivity contribution in [3.05, 3.63) is 77.9 Å². The number of aromatic nitrogens is 2. The third-order valence-corrected chi connectivity index (χ3v) is 7.55. The molecule has 0 fully saturated rings. The zero-order valence-corrected chi connectivity index (χ0v) is 20.7. The first-order chi connectivity index (χ1) is 17.5. The number of alkyl halides is 2. The van der Waals surface area contributed by atoms with Gasteiger partial charge in [-0.1, -0.05) is 30.3 Å². The van der Waals surface area contributed by atoms with Gasteiger partial charge in [-0.05, 0) is 29.8 Å². The number of amides is 1. The van der Waals surface area contributed by atoms with Crippen LogP contribution in [-0.4, -0.2) is 48.2 Å². The number of carbonyl (C=O) groups excluding carboxylic acids is 1. The fourth-order valence-corrected chi connectivity index (χ4v) is 5.32. The van der Waals surface area contributed by atoms with Crippen molar-refractivity contribution < 1.29 is 31.1 Å². The number of carbonyl (C=O) groups is 1. The maximum atomic E-state index is 15.2. The lowest BCUT2D eigenvalue weighted by Gasteiger charge is -2.35. The molecule has 0 saturated carbocycles. The standard InChI is InChI=1S/C26H22F3N3O4S/c1-15(33)31-13-23(18-5-3-4-6-24(18)36-26(28)29)32-22-11-19(20(27)12-21(22)30-25(32)14-31)16-7-9-17(10-8-16)37(2,34)35/h3-12,23,26H,13-14H2,1-2H3/t23-/m1/s1. The van der Waals surface area contributed by atoms with E-state index in [1.54, 1.807) is 29.2 Å². The second-order valence-corrected chi connectivity index (χ2v) is 10.9. The van der Waals surface area contributed by atoms with Gasteiger partial charge in [-0.2, -0.15) is 8.78 Å². The average Bonchev–Trinajstić information content (AvgIpc) is 3.19. The zero-order valence-electron chi connectivity index (χ0n) is 19.9. The molecule has 1 amide bonds. The predicted octanol–water partition coefficient (Wildman–Crippen LogP) is 4.80. The highest BCUT2D eigenvalue weighted by atomic mass is 32.2. The van der Waals surface area contributed by atoms with E-state index in [1.807, 2.05) is 4.57 Å². The summed E-state index contributed by atoms with van der Waals surface area (Å²) in [7, 11) is -3.42. The maximum Gasteiger partial charge on any atom is 0.387 e. The Bertz CT molecular complexity index is 1620. The third kappa shape index (κ3) is 4.66. The summed E-state index contributed by atoms with van der Waals surface area (Å²) in [6, 6.07) is 14.5. The lowest BCUT2D eigenvalue weighted by Crippen LogP contribution is -2.40. The summed E-state index contributed by atoms with van der Waals surface area (Å²) in [4.78, 5) is 18.5. The molecular weight excluding hydrogens is 507 g/mol. The summed E-state index contributed by atoms with van der Waals surface area (Å²) in [5.41, 5.74) is 1.99. The van der Waals surface area contributed by atoms with Gasteiger partial charge in [-0.3, -0.25) is 4.79 Å². The van der Waals surface area contributed by atoms with Crippen LogP contribution >= 0.6 is 0 Å². The summed E-state index contributed by atoms with van der Waals surface area (Å²) in [5.74, 6) is -0.332. The summed E-state index contributed by atoms with van der Waals surface area (Å²) < 4.78 is 71.7. The van der Waals surface area contributed by atoms with Gasteiger partial charge < -0.3 is 14.2 Å². The van der Waals surface area contributed by atoms with Crippen molar-refractivity contribution in [2.75, 3.05) is 12.8 Å². The Kier molecular flexibility index (Phi) is 6.18. The minimum atomic E-state index is -3.42. The van der Waals surface area contributed by atoms with E-state index >= 15 is 4.39 Å². The smallest absolute Gasteiger partial charge is 0.387 e. The molecule has 0 bridgehead atoms. The Morgan fingerprint density at radius 1 is 1.11 bits per heavy atom. The van der Waals surface area contributed by atoms with Crippen LogP contribution in [0.5, 0.6) is 5.75 Å². The van der Waals surface area contributed by atoms with E-state index in [4.69, 9.17) is 4.74 Å². The molecule has 1 aliphatic heterocycles. The van der Waals surface area contributed by atoms with Crippen LogP contribution in [0.1, 0.15) is 24.4 Å². The van der Waals surface area contributed by atoms with Crippen molar-refractivity contribution in [2.45, 2.75) is 31.0 Å². The van der Waals surface area contributed by atoms with Gasteiger partial charge in [0.05, 0.1) is 28.5 Å². The molecule has 11 heteroatoms. The van der Waals surface area contributed by atoms with E-state index in [-0.39, 0.29) is 35.2 Å². The normalized spacial score (nSPS) is 15.7. The number of nitrogens with zero attached hydrogens (tertiary/aromatic N) is 3. The molecule has 7 nitrogen and oxygen atoms in total. The highest BCUT2D eigenvalue weighted by molar-refractivity contribution is 7.90. The summed E-state index contributed by atoms with van der Waals surface area (Å²) in [6.07, 6.45) is 1.09. The monoisotopic (exact) mass is 529 g/mol. The Morgan fingerprint density at radius 3 is 2.46 bits per heavy atom. The number of hydrogen-bond acceptors (Lipinski definition) is 5. The van der Waals surface area contributed by atoms with Crippen LogP contribution in [0.15, 0.2) is 65.6 Å². The number of fused-ring (bicyclic) bond motifs is 3. The lowest BCUT2D eigenvalue weighted by molar-refractivity contribution is -0.130. The van der Waals surface area contributed by atoms with Crippen LogP contribution in [0.4, 0.5) is 13.2 Å². The van der Waals surface area contributed by atoms with Crippen LogP contribution < -0.4 is 4.74 Å². The molecular formula is C26H22F3N3O4S. The van der Waals surface area contributed by atoms with Crippen LogP contribution in [0.3, 0.4) is 0 Å². The van der Waals surface area contributed by atoms with E-state index in [9.17, 15) is 22.0 Å². The highest BCUT2D eigenvalue weighted by Gasteiger charge is 2.33. The minimum Gasteiger partial charge on any atom is -0.434 e. The largest absolute Gasteiger partial charge is 0.434 e. The highest BCUT2D eigenvalue weighted by Crippen LogP contribution is 2.38. The fraction of sp³-hybridized carbons (Fsp3) is 0.231. The molecule has 192 valence electrons. The first-order valence-corrected chi connectivity index (χ1v) is 13.2. The first-order valence-electron chi connectivity index (χ1n) is 11.3. The van der Waals surface area contributed by atoms with Crippen LogP contribution in [0.25, 0.3) is 22.2 Å². The molecule has 5 rings (SSSR count). The van der Waals surface area contributed by atoms with Gasteiger partial charge in [0.1, 0.15) is 17.4 Å². The van der Waals surface area contributed by atoms with E-state index < -0.39 is 28.3 Å². The van der Waals surface area contributed by atoms with Crippen molar-refractivity contribution in [1.29, 1.82) is 0 Å². The second kappa shape index (κ2) is 9.22. The van der Waals surface area contributed by atoms with Crippen molar-refractivity contribution in [1.82, 2.24) is 14.5 Å². The van der Waals surface area contributed by atoms with Gasteiger partial charge in [0.15, 0.2) is 9.84 Å². The molecule has 37 heavy (non-hydrogen) atoms. The molecule has 0 saturated heterocycles. The van der Waals surface area contributed by atoms with Crippen LogP contribution in [0, 0.1) is 5.82 Å². The number of hydrogen-bond donors (Lipinski definition) is 0. The van der Waals surface area contributed by atoms with Gasteiger partial charge >= 0.3 is 6.61 Å². The first kappa shape index (κ1) is 24.8. The van der Waals surface area contributed by atoms with Crippen LogP contribution in [-0.2, 0) is 21.2 Å². The van der Waals surface area contributed by atoms with Gasteiger partial charge in [-0.15, -0.1) is 0 Å². The van der Waals surface area contributed by atoms with Gasteiger partial charge in [0.2, 0.25) is 5.91 Å². The van der Waals surface area contributed by atoms with Crippen LogP contribution in [0.2, 0.25) is 0 Å². The molecule has 3 aromatic carbocycles. The summed E-state index contributed by atoms with van der Waals surface area (Å²) >= 11 is 0. The Balaban J connectivity index is 1.69. The van der Waals surface area contributed by atoms with E-state index in [0.29, 0.717) is 28.0 Å². The Morgan fingerprint density at radius 2 is 1.81 bits per heavy atom. The zero-order chi connectivity index (χ0) is 26.5. The minimum absolute atomic E-state index is 0.0283. The van der Waals surface area contributed by atoms with Gasteiger partial charge in [-0.25, -0.2) is 17.8 Å². The number of benzene rings is 3. The predicted molar refractivity (Wildman–Crippen MR) is 131 cm³/mol. The van der Waals surface area contributed by atoms with E-state index in [2.05, 4.69) is 4.98 Å². The number of ether oxygens (including phenoxy) is 1. The molecule has 1 aromatic heterocycles. The van der Waals surface area contributed by atoms with Crippen molar-refractivity contribution in [3.63, 3.8) is 0 Å². The third-order valence-electron chi connectivity index (χ3n) is 6.42. The van der Waals surface area contributed by atoms with E-state index in [1.165, 1.54) is 43.3 Å². The SMILES string of the molecule is CC(=O)N1Cc2nc3cc(F)c(-c4ccc(S(C)(=O)=O)cc4)cc3n2[C@@H](c2ccccc2OC(F)F)C1. The number of imidazole rings is 1. The van der Waals surface area contributed by atoms with Crippen molar-refractivity contribution in [3.8, 4) is 16.9 Å².